The second-order valence-corrected chi connectivity index (χ2v) is 12.7. The van der Waals surface area contributed by atoms with Crippen LogP contribution in [-0.2, 0) is 24.7 Å². The Morgan fingerprint density at radius 3 is 2.27 bits per heavy atom. The first-order valence-electron chi connectivity index (χ1n) is 11.3. The van der Waals surface area contributed by atoms with E-state index in [1.807, 2.05) is 20.8 Å². The first kappa shape index (κ1) is 25.4. The van der Waals surface area contributed by atoms with Crippen molar-refractivity contribution in [3.8, 4) is 0 Å². The zero-order valence-electron chi connectivity index (χ0n) is 19.3. The highest BCUT2D eigenvalue weighted by molar-refractivity contribution is 7.93. The van der Waals surface area contributed by atoms with Crippen LogP contribution in [0.15, 0.2) is 52.3 Å². The third-order valence-corrected chi connectivity index (χ3v) is 10.3. The molecule has 1 fully saturated rings. The Balaban J connectivity index is 1.91. The molecule has 0 bridgehead atoms. The highest BCUT2D eigenvalue weighted by Gasteiger charge is 2.53. The maximum atomic E-state index is 13.7. The molecule has 7 nitrogen and oxygen atoms in total. The van der Waals surface area contributed by atoms with E-state index in [0.29, 0.717) is 25.8 Å². The number of hydrogen-bond acceptors (Lipinski definition) is 5. The van der Waals surface area contributed by atoms with Gasteiger partial charge in [0.15, 0.2) is 14.6 Å². The molecule has 1 saturated carbocycles. The van der Waals surface area contributed by atoms with E-state index in [9.17, 15) is 21.6 Å². The maximum absolute atomic E-state index is 13.7. The number of unbranched alkanes of at least 4 members (excludes halogenated alkanes) is 1. The number of aryl methyl sites for hydroxylation is 2. The second-order valence-electron chi connectivity index (χ2n) is 8.68. The zero-order chi connectivity index (χ0) is 24.3. The third-order valence-electron chi connectivity index (χ3n) is 6.35. The van der Waals surface area contributed by atoms with Gasteiger partial charge in [0.2, 0.25) is 15.9 Å². The molecule has 2 aromatic carbocycles. The normalized spacial score (nSPS) is 16.0. The summed E-state index contributed by atoms with van der Waals surface area (Å²) in [6, 6.07) is 10.8. The molecule has 1 aliphatic carbocycles. The van der Waals surface area contributed by atoms with Crippen LogP contribution in [0, 0.1) is 13.8 Å². The van der Waals surface area contributed by atoms with Crippen molar-refractivity contribution < 1.29 is 21.6 Å². The average molecular weight is 493 g/mol. The summed E-state index contributed by atoms with van der Waals surface area (Å²) in [6.45, 7) is 6.04. The van der Waals surface area contributed by atoms with E-state index in [1.165, 1.54) is 18.2 Å². The first-order chi connectivity index (χ1) is 15.5. The van der Waals surface area contributed by atoms with E-state index in [2.05, 4.69) is 10.0 Å². The van der Waals surface area contributed by atoms with Crippen LogP contribution in [0.25, 0.3) is 0 Å². The molecule has 0 unspecified atom stereocenters. The molecule has 2 N–H and O–H groups in total. The summed E-state index contributed by atoms with van der Waals surface area (Å²) in [5.74, 6) is -0.619. The van der Waals surface area contributed by atoms with E-state index < -0.39 is 30.5 Å². The summed E-state index contributed by atoms with van der Waals surface area (Å²) in [5.41, 5.74) is 2.07. The predicted octanol–water partition coefficient (Wildman–Crippen LogP) is 4.11. The molecule has 0 atom stereocenters. The van der Waals surface area contributed by atoms with Crippen LogP contribution in [0.5, 0.6) is 0 Å². The summed E-state index contributed by atoms with van der Waals surface area (Å²) in [5, 5.41) is 2.70. The Labute approximate surface area is 197 Å². The van der Waals surface area contributed by atoms with Gasteiger partial charge in [0.05, 0.1) is 9.79 Å². The monoisotopic (exact) mass is 492 g/mol. The number of anilines is 1. The molecule has 0 saturated heterocycles. The molecule has 1 amide bonds. The Morgan fingerprint density at radius 1 is 0.939 bits per heavy atom. The maximum Gasteiger partial charge on any atom is 0.246 e. The van der Waals surface area contributed by atoms with Crippen molar-refractivity contribution in [3.05, 3.63) is 53.6 Å². The van der Waals surface area contributed by atoms with Crippen molar-refractivity contribution in [3.63, 3.8) is 0 Å². The molecule has 1 aliphatic rings. The molecule has 3 rings (SSSR count). The fourth-order valence-corrected chi connectivity index (χ4v) is 7.39. The summed E-state index contributed by atoms with van der Waals surface area (Å²) < 4.78 is 53.4. The average Bonchev–Trinajstić information content (AvgIpc) is 3.28. The lowest BCUT2D eigenvalue weighted by Crippen LogP contribution is -2.47. The van der Waals surface area contributed by atoms with Gasteiger partial charge >= 0.3 is 0 Å². The third kappa shape index (κ3) is 5.15. The number of hydrogen-bond donors (Lipinski definition) is 2. The molecule has 2 aromatic rings. The SMILES string of the molecule is CCCCNS(=O)(=O)c1cccc(NC(=O)C2(S(=O)(=O)c3ccc(C)c(C)c3)CCCC2)c1. The van der Waals surface area contributed by atoms with Crippen molar-refractivity contribution in [1.29, 1.82) is 0 Å². The number of sulfonamides is 1. The van der Waals surface area contributed by atoms with Gasteiger partial charge in [0, 0.05) is 12.2 Å². The minimum Gasteiger partial charge on any atom is -0.325 e. The largest absolute Gasteiger partial charge is 0.325 e. The van der Waals surface area contributed by atoms with Gasteiger partial charge in [0.25, 0.3) is 0 Å². The molecule has 33 heavy (non-hydrogen) atoms. The number of carbonyl (C=O) groups is 1. The van der Waals surface area contributed by atoms with Gasteiger partial charge < -0.3 is 5.32 Å². The number of sulfone groups is 1. The lowest BCUT2D eigenvalue weighted by atomic mass is 10.1. The van der Waals surface area contributed by atoms with E-state index in [-0.39, 0.29) is 28.3 Å². The second kappa shape index (κ2) is 9.95. The zero-order valence-corrected chi connectivity index (χ0v) is 21.0. The van der Waals surface area contributed by atoms with E-state index in [0.717, 1.165) is 17.5 Å². The van der Waals surface area contributed by atoms with E-state index in [4.69, 9.17) is 0 Å². The van der Waals surface area contributed by atoms with Crippen LogP contribution < -0.4 is 10.0 Å². The van der Waals surface area contributed by atoms with E-state index >= 15 is 0 Å². The summed E-state index contributed by atoms with van der Waals surface area (Å²) in [6.07, 6.45) is 3.29. The van der Waals surface area contributed by atoms with Crippen LogP contribution in [0.2, 0.25) is 0 Å². The van der Waals surface area contributed by atoms with Crippen molar-refractivity contribution in [2.24, 2.45) is 0 Å². The summed E-state index contributed by atoms with van der Waals surface area (Å²) >= 11 is 0. The Bertz CT molecular complexity index is 1230. The van der Waals surface area contributed by atoms with Gasteiger partial charge in [0.1, 0.15) is 0 Å². The minimum absolute atomic E-state index is 0.0221. The minimum atomic E-state index is -3.96. The van der Waals surface area contributed by atoms with Crippen LogP contribution in [0.3, 0.4) is 0 Å². The molecule has 0 spiro atoms. The number of rotatable bonds is 9. The van der Waals surface area contributed by atoms with Crippen molar-refractivity contribution in [2.45, 2.75) is 73.8 Å². The van der Waals surface area contributed by atoms with Crippen molar-refractivity contribution in [2.75, 3.05) is 11.9 Å². The van der Waals surface area contributed by atoms with Gasteiger partial charge in [-0.25, -0.2) is 21.6 Å². The molecule has 0 aromatic heterocycles. The molecule has 9 heteroatoms. The van der Waals surface area contributed by atoms with Crippen molar-refractivity contribution >= 4 is 31.5 Å². The molecule has 0 aliphatic heterocycles. The molecular formula is C24H32N2O5S2. The Morgan fingerprint density at radius 2 is 1.64 bits per heavy atom. The highest BCUT2D eigenvalue weighted by Crippen LogP contribution is 2.41. The van der Waals surface area contributed by atoms with Gasteiger partial charge in [-0.1, -0.05) is 38.3 Å². The molecule has 180 valence electrons. The lowest BCUT2D eigenvalue weighted by molar-refractivity contribution is -0.118. The van der Waals surface area contributed by atoms with Crippen LogP contribution in [0.1, 0.15) is 56.6 Å². The van der Waals surface area contributed by atoms with Crippen LogP contribution in [0.4, 0.5) is 5.69 Å². The highest BCUT2D eigenvalue weighted by atomic mass is 32.2. The van der Waals surface area contributed by atoms with Crippen molar-refractivity contribution in [1.82, 2.24) is 4.72 Å². The Kier molecular flexibility index (Phi) is 7.65. The van der Waals surface area contributed by atoms with Crippen LogP contribution in [-0.4, -0.2) is 34.0 Å². The predicted molar refractivity (Wildman–Crippen MR) is 129 cm³/mol. The smallest absolute Gasteiger partial charge is 0.246 e. The molecule has 0 radical (unpaired) electrons. The van der Waals surface area contributed by atoms with Crippen LogP contribution >= 0.6 is 0 Å². The van der Waals surface area contributed by atoms with Gasteiger partial charge in [-0.2, -0.15) is 0 Å². The Hall–Kier alpha value is -2.23. The van der Waals surface area contributed by atoms with Gasteiger partial charge in [-0.05, 0) is 74.6 Å². The summed E-state index contributed by atoms with van der Waals surface area (Å²) in [7, 11) is -7.68. The van der Waals surface area contributed by atoms with Gasteiger partial charge in [-0.3, -0.25) is 4.79 Å². The number of benzene rings is 2. The quantitative estimate of drug-likeness (QED) is 0.512. The first-order valence-corrected chi connectivity index (χ1v) is 14.2. The number of nitrogens with one attached hydrogen (secondary N) is 2. The lowest BCUT2D eigenvalue weighted by Gasteiger charge is -2.28. The molecule has 0 heterocycles. The van der Waals surface area contributed by atoms with E-state index in [1.54, 1.807) is 24.3 Å². The summed E-state index contributed by atoms with van der Waals surface area (Å²) in [4.78, 5) is 13.6. The number of carbonyl (C=O) groups excluding carboxylic acids is 1. The fraction of sp³-hybridized carbons (Fsp3) is 0.458. The fourth-order valence-electron chi connectivity index (χ4n) is 4.12. The van der Waals surface area contributed by atoms with Gasteiger partial charge in [-0.15, -0.1) is 0 Å². The number of amides is 1. The topological polar surface area (TPSA) is 109 Å². The molecular weight excluding hydrogens is 460 g/mol. The standard InChI is InChI=1S/C24H32N2O5S2/c1-4-5-15-25-33(30,31)22-10-8-9-20(17-22)26-23(27)24(13-6-7-14-24)32(28,29)21-12-11-18(2)19(3)16-21/h8-12,16-17,25H,4-7,13-15H2,1-3H3,(H,26,27).